The van der Waals surface area contributed by atoms with Gasteiger partial charge in [0.2, 0.25) is 11.8 Å². The third-order valence-electron chi connectivity index (χ3n) is 4.18. The lowest BCUT2D eigenvalue weighted by Gasteiger charge is -2.07. The Morgan fingerprint density at radius 1 is 0.750 bits per heavy atom. The van der Waals surface area contributed by atoms with Crippen molar-refractivity contribution in [2.75, 3.05) is 39.3 Å². The number of hydrazine groups is 1. The Balaban J connectivity index is 3.35. The van der Waals surface area contributed by atoms with Gasteiger partial charge in [-0.05, 0) is 51.7 Å². The van der Waals surface area contributed by atoms with Gasteiger partial charge < -0.3 is 27.1 Å². The van der Waals surface area contributed by atoms with Gasteiger partial charge >= 0.3 is 0 Å². The second-order valence-corrected chi connectivity index (χ2v) is 6.80. The fraction of sp³-hybridized carbons (Fsp3) is 0.842. The van der Waals surface area contributed by atoms with Crippen molar-refractivity contribution in [3.63, 3.8) is 0 Å². The van der Waals surface area contributed by atoms with Crippen molar-refractivity contribution in [2.45, 2.75) is 64.2 Å². The van der Waals surface area contributed by atoms with Crippen LogP contribution in [0, 0.1) is 0 Å². The normalized spacial score (nSPS) is 10.9. The lowest BCUT2D eigenvalue weighted by molar-refractivity contribution is -0.129. The first-order chi connectivity index (χ1) is 13.7. The summed E-state index contributed by atoms with van der Waals surface area (Å²) in [6.07, 6.45) is 10.9. The lowest BCUT2D eigenvalue weighted by Crippen LogP contribution is -2.33. The molecule has 9 nitrogen and oxygen atoms in total. The molecule has 0 radical (unpaired) electrons. The van der Waals surface area contributed by atoms with Crippen LogP contribution < -0.4 is 33.0 Å². The van der Waals surface area contributed by atoms with Crippen LogP contribution in [0.2, 0.25) is 0 Å². The van der Waals surface area contributed by atoms with E-state index in [1.807, 2.05) is 0 Å². The zero-order valence-corrected chi connectivity index (χ0v) is 17.3. The Hall–Kier alpha value is -1.71. The summed E-state index contributed by atoms with van der Waals surface area (Å²) in [6, 6.07) is 0. The van der Waals surface area contributed by atoms with Crippen LogP contribution in [-0.4, -0.2) is 57.4 Å². The van der Waals surface area contributed by atoms with Gasteiger partial charge in [-0.2, -0.15) is 0 Å². The van der Waals surface area contributed by atoms with Crippen molar-refractivity contribution in [3.8, 4) is 0 Å². The highest BCUT2D eigenvalue weighted by molar-refractivity contribution is 5.96. The largest absolute Gasteiger partial charge is 0.356 e. The first kappa shape index (κ1) is 26.3. The number of unbranched alkanes of at least 4 members (excludes halogenated alkanes) is 6. The predicted octanol–water partition coefficient (Wildman–Crippen LogP) is 0.160. The van der Waals surface area contributed by atoms with Gasteiger partial charge in [0, 0.05) is 19.6 Å². The van der Waals surface area contributed by atoms with Gasteiger partial charge in [0.1, 0.15) is 6.42 Å². The van der Waals surface area contributed by atoms with Crippen LogP contribution in [0.5, 0.6) is 0 Å². The molecule has 9 heteroatoms. The molecule has 0 aromatic rings. The van der Waals surface area contributed by atoms with E-state index in [4.69, 9.17) is 11.6 Å². The van der Waals surface area contributed by atoms with Crippen molar-refractivity contribution < 1.29 is 9.59 Å². The molecule has 0 rings (SSSR count). The highest BCUT2D eigenvalue weighted by Gasteiger charge is 2.07. The van der Waals surface area contributed by atoms with Gasteiger partial charge in [-0.15, -0.1) is 0 Å². The number of carbonyl (C=O) groups is 2. The molecule has 0 saturated heterocycles. The van der Waals surface area contributed by atoms with E-state index in [1.54, 1.807) is 0 Å². The summed E-state index contributed by atoms with van der Waals surface area (Å²) < 4.78 is 0. The van der Waals surface area contributed by atoms with E-state index in [0.717, 1.165) is 71.0 Å². The fourth-order valence-electron chi connectivity index (χ4n) is 2.61. The Labute approximate surface area is 169 Å². The standard InChI is InChI=1S/C19H41N7O2/c20-10-9-13-22-11-7-8-15-25-19(28)16-18(27)24-14-6-4-2-1-3-5-12-23-17-26-21/h17,22H,1-16,20-21H2,(H,23,26)(H,24,27)(H,25,28). The van der Waals surface area contributed by atoms with E-state index < -0.39 is 0 Å². The number of hydrogen-bond donors (Lipinski definition) is 6. The van der Waals surface area contributed by atoms with Crippen LogP contribution in [0.15, 0.2) is 4.99 Å². The number of amides is 2. The van der Waals surface area contributed by atoms with Gasteiger partial charge in [-0.1, -0.05) is 25.7 Å². The van der Waals surface area contributed by atoms with Crippen LogP contribution in [0.25, 0.3) is 0 Å². The number of hydrogen-bond acceptors (Lipinski definition) is 6. The van der Waals surface area contributed by atoms with Gasteiger partial charge in [-0.3, -0.25) is 14.6 Å². The van der Waals surface area contributed by atoms with Gasteiger partial charge in [0.25, 0.3) is 0 Å². The number of carbonyl (C=O) groups excluding carboxylic acids is 2. The van der Waals surface area contributed by atoms with Crippen molar-refractivity contribution >= 4 is 18.2 Å². The van der Waals surface area contributed by atoms with Crippen LogP contribution in [0.3, 0.4) is 0 Å². The molecule has 2 amide bonds. The Kier molecular flexibility index (Phi) is 20.3. The molecular formula is C19H41N7O2. The van der Waals surface area contributed by atoms with E-state index in [1.165, 1.54) is 12.8 Å². The minimum Gasteiger partial charge on any atom is -0.356 e. The Morgan fingerprint density at radius 3 is 1.93 bits per heavy atom. The third kappa shape index (κ3) is 20.6. The topological polar surface area (TPSA) is 147 Å². The molecule has 0 unspecified atom stereocenters. The lowest BCUT2D eigenvalue weighted by atomic mass is 10.1. The van der Waals surface area contributed by atoms with Crippen molar-refractivity contribution in [2.24, 2.45) is 16.6 Å². The van der Waals surface area contributed by atoms with E-state index >= 15 is 0 Å². The first-order valence-corrected chi connectivity index (χ1v) is 10.6. The molecule has 0 heterocycles. The summed E-state index contributed by atoms with van der Waals surface area (Å²) in [6.45, 7) is 4.61. The summed E-state index contributed by atoms with van der Waals surface area (Å²) >= 11 is 0. The molecule has 0 bridgehead atoms. The summed E-state index contributed by atoms with van der Waals surface area (Å²) in [5.74, 6) is 4.67. The maximum Gasteiger partial charge on any atom is 0.229 e. The van der Waals surface area contributed by atoms with Crippen LogP contribution >= 0.6 is 0 Å². The minimum atomic E-state index is -0.207. The molecule has 0 aromatic carbocycles. The highest BCUT2D eigenvalue weighted by Crippen LogP contribution is 2.04. The number of rotatable bonds is 20. The SMILES string of the molecule is NCCCNCCCCNC(=O)CC(=O)NCCCCCCCCN=CNN. The summed E-state index contributed by atoms with van der Waals surface area (Å²) in [5, 5.41) is 8.89. The van der Waals surface area contributed by atoms with E-state index in [0.29, 0.717) is 19.6 Å². The predicted molar refractivity (Wildman–Crippen MR) is 115 cm³/mol. The Morgan fingerprint density at radius 2 is 1.29 bits per heavy atom. The molecule has 0 aliphatic rings. The molecule has 0 saturated carbocycles. The van der Waals surface area contributed by atoms with Crippen LogP contribution in [0.1, 0.15) is 64.2 Å². The molecule has 0 atom stereocenters. The zero-order valence-electron chi connectivity index (χ0n) is 17.3. The van der Waals surface area contributed by atoms with Crippen molar-refractivity contribution in [1.29, 1.82) is 0 Å². The molecule has 164 valence electrons. The maximum absolute atomic E-state index is 11.7. The molecule has 8 N–H and O–H groups in total. The quantitative estimate of drug-likeness (QED) is 0.0429. The molecule has 0 fully saturated rings. The summed E-state index contributed by atoms with van der Waals surface area (Å²) in [4.78, 5) is 27.5. The zero-order chi connectivity index (χ0) is 20.7. The number of nitrogens with zero attached hydrogens (tertiary/aromatic N) is 1. The second kappa shape index (κ2) is 21.6. The van der Waals surface area contributed by atoms with Gasteiger partial charge in [0.15, 0.2) is 0 Å². The smallest absolute Gasteiger partial charge is 0.229 e. The maximum atomic E-state index is 11.7. The monoisotopic (exact) mass is 399 g/mol. The molecule has 0 aliphatic heterocycles. The molecular weight excluding hydrogens is 358 g/mol. The van der Waals surface area contributed by atoms with Crippen molar-refractivity contribution in [1.82, 2.24) is 21.4 Å². The number of aliphatic imine (C=N–C) groups is 1. The average Bonchev–Trinajstić information content (AvgIpc) is 2.68. The molecule has 28 heavy (non-hydrogen) atoms. The summed E-state index contributed by atoms with van der Waals surface area (Å²) in [7, 11) is 0. The number of nitrogens with one attached hydrogen (secondary N) is 4. The first-order valence-electron chi connectivity index (χ1n) is 10.6. The highest BCUT2D eigenvalue weighted by atomic mass is 16.2. The Bertz CT molecular complexity index is 406. The van der Waals surface area contributed by atoms with Gasteiger partial charge in [-0.25, -0.2) is 5.84 Å². The number of nitrogens with two attached hydrogens (primary N) is 2. The molecule has 0 aliphatic carbocycles. The fourth-order valence-corrected chi connectivity index (χ4v) is 2.61. The second-order valence-electron chi connectivity index (χ2n) is 6.80. The van der Waals surface area contributed by atoms with Crippen molar-refractivity contribution in [3.05, 3.63) is 0 Å². The van der Waals surface area contributed by atoms with E-state index in [9.17, 15) is 9.59 Å². The minimum absolute atomic E-state index is 0.0904. The molecule has 0 aromatic heterocycles. The van der Waals surface area contributed by atoms with Crippen LogP contribution in [-0.2, 0) is 9.59 Å². The van der Waals surface area contributed by atoms with E-state index in [2.05, 4.69) is 26.4 Å². The van der Waals surface area contributed by atoms with Crippen LogP contribution in [0.4, 0.5) is 0 Å². The van der Waals surface area contributed by atoms with Gasteiger partial charge in [0.05, 0.1) is 6.34 Å². The van der Waals surface area contributed by atoms with E-state index in [-0.39, 0.29) is 18.2 Å². The molecule has 0 spiro atoms. The average molecular weight is 400 g/mol. The third-order valence-corrected chi connectivity index (χ3v) is 4.18. The summed E-state index contributed by atoms with van der Waals surface area (Å²) in [5.41, 5.74) is 7.80.